The lowest BCUT2D eigenvalue weighted by molar-refractivity contribution is 0.0364. The molecule has 0 saturated carbocycles. The Kier molecular flexibility index (Phi) is 5.22. The van der Waals surface area contributed by atoms with E-state index in [1.165, 1.54) is 9.13 Å². The molecule has 32 heavy (non-hydrogen) atoms. The highest BCUT2D eigenvalue weighted by Gasteiger charge is 2.21. The van der Waals surface area contributed by atoms with Crippen LogP contribution >= 0.6 is 0 Å². The fourth-order valence-electron chi connectivity index (χ4n) is 4.41. The van der Waals surface area contributed by atoms with Gasteiger partial charge in [0.1, 0.15) is 0 Å². The second-order valence-electron chi connectivity index (χ2n) is 8.55. The van der Waals surface area contributed by atoms with Crippen molar-refractivity contribution in [2.75, 3.05) is 32.8 Å². The second-order valence-corrected chi connectivity index (χ2v) is 8.55. The van der Waals surface area contributed by atoms with Crippen LogP contribution in [-0.4, -0.2) is 60.8 Å². The topological polar surface area (TPSA) is 78.7 Å². The van der Waals surface area contributed by atoms with Crippen molar-refractivity contribution in [3.63, 3.8) is 0 Å². The molecule has 1 aliphatic heterocycles. The highest BCUT2D eigenvalue weighted by atomic mass is 16.5. The van der Waals surface area contributed by atoms with E-state index in [9.17, 15) is 9.59 Å². The van der Waals surface area contributed by atoms with Crippen molar-refractivity contribution in [2.24, 2.45) is 7.05 Å². The number of hydrogen-bond acceptors (Lipinski definition) is 5. The van der Waals surface area contributed by atoms with Gasteiger partial charge in [-0.05, 0) is 19.4 Å². The standard InChI is InChI=1S/C23H28N6O3/c1-16-4-6-18(7-5-16)15-29-21(30)19-20(25(3)23(29)31)24-22-27(17(2)14-28(19)22)9-8-26-10-12-32-13-11-26/h4-7,14H,8-13,15H2,1-3H3. The molecule has 1 aliphatic rings. The molecule has 5 rings (SSSR count). The molecule has 168 valence electrons. The molecule has 3 aromatic heterocycles. The van der Waals surface area contributed by atoms with Crippen LogP contribution < -0.4 is 11.2 Å². The summed E-state index contributed by atoms with van der Waals surface area (Å²) in [4.78, 5) is 33.5. The maximum atomic E-state index is 13.4. The molecule has 1 saturated heterocycles. The third kappa shape index (κ3) is 3.47. The summed E-state index contributed by atoms with van der Waals surface area (Å²) in [6, 6.07) is 7.87. The number of rotatable bonds is 5. The summed E-state index contributed by atoms with van der Waals surface area (Å²) >= 11 is 0. The summed E-state index contributed by atoms with van der Waals surface area (Å²) in [7, 11) is 1.67. The van der Waals surface area contributed by atoms with Gasteiger partial charge in [0.25, 0.3) is 5.56 Å². The monoisotopic (exact) mass is 436 g/mol. The van der Waals surface area contributed by atoms with E-state index < -0.39 is 0 Å². The summed E-state index contributed by atoms with van der Waals surface area (Å²) in [5.41, 5.74) is 3.24. The maximum Gasteiger partial charge on any atom is 0.332 e. The quantitative estimate of drug-likeness (QED) is 0.469. The first-order valence-electron chi connectivity index (χ1n) is 11.0. The van der Waals surface area contributed by atoms with Crippen LogP contribution in [0.5, 0.6) is 0 Å². The summed E-state index contributed by atoms with van der Waals surface area (Å²) in [6.07, 6.45) is 1.94. The Bertz CT molecular complexity index is 1400. The van der Waals surface area contributed by atoms with E-state index in [1.54, 1.807) is 7.05 Å². The summed E-state index contributed by atoms with van der Waals surface area (Å²) in [5.74, 6) is 0.686. The van der Waals surface area contributed by atoms with Crippen LogP contribution in [0.25, 0.3) is 16.9 Å². The molecule has 1 aromatic carbocycles. The maximum absolute atomic E-state index is 13.4. The van der Waals surface area contributed by atoms with Crippen molar-refractivity contribution in [2.45, 2.75) is 26.9 Å². The third-order valence-electron chi connectivity index (χ3n) is 6.35. The molecule has 1 fully saturated rings. The van der Waals surface area contributed by atoms with Gasteiger partial charge in [0, 0.05) is 45.1 Å². The number of aromatic nitrogens is 5. The first-order chi connectivity index (χ1) is 15.4. The average molecular weight is 437 g/mol. The lowest BCUT2D eigenvalue weighted by Gasteiger charge is -2.26. The van der Waals surface area contributed by atoms with Gasteiger partial charge >= 0.3 is 5.69 Å². The zero-order valence-corrected chi connectivity index (χ0v) is 18.7. The van der Waals surface area contributed by atoms with E-state index in [0.717, 1.165) is 56.2 Å². The van der Waals surface area contributed by atoms with Crippen molar-refractivity contribution in [1.29, 1.82) is 0 Å². The van der Waals surface area contributed by atoms with Crippen LogP contribution in [0.2, 0.25) is 0 Å². The average Bonchev–Trinajstić information content (AvgIpc) is 3.30. The lowest BCUT2D eigenvalue weighted by Crippen LogP contribution is -2.39. The molecule has 0 aliphatic carbocycles. The third-order valence-corrected chi connectivity index (χ3v) is 6.35. The van der Waals surface area contributed by atoms with Crippen molar-refractivity contribution in [3.05, 3.63) is 68.1 Å². The molecular weight excluding hydrogens is 408 g/mol. The molecular formula is C23H28N6O3. The Balaban J connectivity index is 1.58. The number of nitrogens with zero attached hydrogens (tertiary/aromatic N) is 6. The molecule has 0 bridgehead atoms. The molecule has 0 spiro atoms. The number of hydrogen-bond donors (Lipinski definition) is 0. The first kappa shape index (κ1) is 20.7. The predicted molar refractivity (Wildman–Crippen MR) is 122 cm³/mol. The summed E-state index contributed by atoms with van der Waals surface area (Å²) in [6.45, 7) is 9.27. The smallest absolute Gasteiger partial charge is 0.332 e. The Morgan fingerprint density at radius 2 is 1.72 bits per heavy atom. The van der Waals surface area contributed by atoms with Gasteiger partial charge < -0.3 is 9.30 Å². The van der Waals surface area contributed by atoms with Gasteiger partial charge in [0.05, 0.1) is 19.8 Å². The lowest BCUT2D eigenvalue weighted by atomic mass is 10.1. The van der Waals surface area contributed by atoms with E-state index in [0.29, 0.717) is 16.9 Å². The van der Waals surface area contributed by atoms with Gasteiger partial charge in [-0.3, -0.25) is 23.2 Å². The van der Waals surface area contributed by atoms with Gasteiger partial charge in [-0.1, -0.05) is 29.8 Å². The summed E-state index contributed by atoms with van der Waals surface area (Å²) in [5, 5.41) is 0. The molecule has 0 unspecified atom stereocenters. The van der Waals surface area contributed by atoms with Crippen molar-refractivity contribution >= 4 is 16.9 Å². The number of benzene rings is 1. The van der Waals surface area contributed by atoms with Gasteiger partial charge in [-0.15, -0.1) is 0 Å². The van der Waals surface area contributed by atoms with Gasteiger partial charge in [0.15, 0.2) is 11.2 Å². The zero-order chi connectivity index (χ0) is 22.4. The largest absolute Gasteiger partial charge is 0.379 e. The van der Waals surface area contributed by atoms with Crippen molar-refractivity contribution in [3.8, 4) is 0 Å². The second kappa shape index (κ2) is 8.07. The van der Waals surface area contributed by atoms with E-state index >= 15 is 0 Å². The first-order valence-corrected chi connectivity index (χ1v) is 11.0. The Morgan fingerprint density at radius 1 is 1.00 bits per heavy atom. The van der Waals surface area contributed by atoms with Gasteiger partial charge in [0.2, 0.25) is 5.78 Å². The minimum Gasteiger partial charge on any atom is -0.379 e. The predicted octanol–water partition coefficient (Wildman–Crippen LogP) is 1.15. The minimum absolute atomic E-state index is 0.228. The Hall–Kier alpha value is -3.17. The van der Waals surface area contributed by atoms with Crippen molar-refractivity contribution < 1.29 is 4.74 Å². The molecule has 9 heteroatoms. The van der Waals surface area contributed by atoms with Gasteiger partial charge in [-0.2, -0.15) is 4.98 Å². The minimum atomic E-state index is -0.361. The normalized spacial score (nSPS) is 15.2. The van der Waals surface area contributed by atoms with Crippen LogP contribution in [0.3, 0.4) is 0 Å². The van der Waals surface area contributed by atoms with Crippen LogP contribution in [0.1, 0.15) is 16.8 Å². The van der Waals surface area contributed by atoms with Crippen molar-refractivity contribution in [1.82, 2.24) is 28.0 Å². The Labute approximate surface area is 185 Å². The molecule has 0 atom stereocenters. The van der Waals surface area contributed by atoms with E-state index in [1.807, 2.05) is 48.7 Å². The van der Waals surface area contributed by atoms with Gasteiger partial charge in [-0.25, -0.2) is 4.79 Å². The number of imidazole rings is 2. The molecule has 0 amide bonds. The molecule has 4 heterocycles. The molecule has 4 aromatic rings. The highest BCUT2D eigenvalue weighted by Crippen LogP contribution is 2.16. The van der Waals surface area contributed by atoms with E-state index in [-0.39, 0.29) is 17.8 Å². The number of aryl methyl sites for hydroxylation is 3. The molecule has 0 N–H and O–H groups in total. The number of morpholine rings is 1. The highest BCUT2D eigenvalue weighted by molar-refractivity contribution is 5.75. The fraction of sp³-hybridized carbons (Fsp3) is 0.435. The zero-order valence-electron chi connectivity index (χ0n) is 18.7. The van der Waals surface area contributed by atoms with Crippen LogP contribution in [0, 0.1) is 13.8 Å². The number of ether oxygens (including phenoxy) is 1. The SMILES string of the molecule is Cc1ccc(Cn2c(=O)c3c(nc4n(CCN5CCOCC5)c(C)cn34)n(C)c2=O)cc1. The number of fused-ring (bicyclic) bond motifs is 3. The molecule has 0 radical (unpaired) electrons. The molecule has 9 nitrogen and oxygen atoms in total. The van der Waals surface area contributed by atoms with Crippen LogP contribution in [0.4, 0.5) is 0 Å². The Morgan fingerprint density at radius 3 is 2.44 bits per heavy atom. The summed E-state index contributed by atoms with van der Waals surface area (Å²) < 4.78 is 12.1. The van der Waals surface area contributed by atoms with E-state index in [4.69, 9.17) is 9.72 Å². The van der Waals surface area contributed by atoms with Crippen LogP contribution in [0.15, 0.2) is 40.1 Å². The fourth-order valence-corrected chi connectivity index (χ4v) is 4.41. The van der Waals surface area contributed by atoms with Crippen LogP contribution in [-0.2, 0) is 24.9 Å². The van der Waals surface area contributed by atoms with E-state index in [2.05, 4.69) is 9.47 Å².